The molecule has 3 aromatic carbocycles. The van der Waals surface area contributed by atoms with E-state index < -0.39 is 5.60 Å². The monoisotopic (exact) mass is 506 g/mol. The van der Waals surface area contributed by atoms with Crippen LogP contribution in [0.2, 0.25) is 0 Å². The van der Waals surface area contributed by atoms with Crippen molar-refractivity contribution in [3.8, 4) is 0 Å². The molecular weight excluding hydrogens is 472 g/mol. The molecule has 6 nitrogen and oxygen atoms in total. The molecule has 0 aliphatic carbocycles. The number of piperazine rings is 1. The lowest BCUT2D eigenvalue weighted by molar-refractivity contribution is -0.292. The van der Waals surface area contributed by atoms with Gasteiger partial charge in [0.15, 0.2) is 5.60 Å². The van der Waals surface area contributed by atoms with Crippen molar-refractivity contribution in [1.82, 2.24) is 15.1 Å². The first-order valence-electron chi connectivity index (χ1n) is 14.2. The van der Waals surface area contributed by atoms with Crippen LogP contribution in [0.5, 0.6) is 0 Å². The van der Waals surface area contributed by atoms with E-state index in [2.05, 4.69) is 105 Å². The number of benzene rings is 3. The SMILES string of the molecule is O=C1[C@@H]2CC3OC45c6ccccc6N[C@@H]4C(CN1CCCc1ccccc1)N2C35NCCc1ccccc1. The summed E-state index contributed by atoms with van der Waals surface area (Å²) in [6, 6.07) is 30.1. The van der Waals surface area contributed by atoms with E-state index in [1.807, 2.05) is 0 Å². The van der Waals surface area contributed by atoms with Crippen molar-refractivity contribution < 1.29 is 9.53 Å². The summed E-state index contributed by atoms with van der Waals surface area (Å²) >= 11 is 0. The number of para-hydroxylation sites is 1. The molecule has 5 heterocycles. The van der Waals surface area contributed by atoms with E-state index in [1.54, 1.807) is 0 Å². The zero-order chi connectivity index (χ0) is 25.3. The van der Waals surface area contributed by atoms with Crippen molar-refractivity contribution in [1.29, 1.82) is 0 Å². The summed E-state index contributed by atoms with van der Waals surface area (Å²) in [4.78, 5) is 18.6. The van der Waals surface area contributed by atoms with Gasteiger partial charge < -0.3 is 15.0 Å². The van der Waals surface area contributed by atoms with Gasteiger partial charge in [0.25, 0.3) is 0 Å². The first-order valence-corrected chi connectivity index (χ1v) is 14.2. The lowest BCUT2D eigenvalue weighted by Crippen LogP contribution is -2.79. The van der Waals surface area contributed by atoms with Gasteiger partial charge in [-0.3, -0.25) is 15.0 Å². The van der Waals surface area contributed by atoms with Crippen LogP contribution in [-0.4, -0.2) is 65.2 Å². The van der Waals surface area contributed by atoms with Crippen molar-refractivity contribution >= 4 is 11.6 Å². The van der Waals surface area contributed by atoms with E-state index in [0.717, 1.165) is 45.3 Å². The number of aryl methyl sites for hydroxylation is 1. The predicted octanol–water partition coefficient (Wildman–Crippen LogP) is 3.53. The molecule has 4 fully saturated rings. The molecule has 0 saturated carbocycles. The third-order valence-corrected chi connectivity index (χ3v) is 9.75. The summed E-state index contributed by atoms with van der Waals surface area (Å²) in [5.41, 5.74) is 4.26. The Morgan fingerprint density at radius 1 is 0.921 bits per heavy atom. The highest BCUT2D eigenvalue weighted by molar-refractivity contribution is 5.85. The average molecular weight is 507 g/mol. The van der Waals surface area contributed by atoms with Crippen LogP contribution >= 0.6 is 0 Å². The van der Waals surface area contributed by atoms with Gasteiger partial charge in [0.2, 0.25) is 5.91 Å². The minimum atomic E-state index is -0.468. The second-order valence-electron chi connectivity index (χ2n) is 11.5. The molecular formula is C32H34N4O2. The summed E-state index contributed by atoms with van der Waals surface area (Å²) in [5, 5.41) is 7.89. The number of carbonyl (C=O) groups is 1. The van der Waals surface area contributed by atoms with Gasteiger partial charge in [-0.15, -0.1) is 0 Å². The lowest BCUT2D eigenvalue weighted by atomic mass is 9.71. The van der Waals surface area contributed by atoms with Gasteiger partial charge >= 0.3 is 0 Å². The Labute approximate surface area is 224 Å². The van der Waals surface area contributed by atoms with Crippen LogP contribution in [0, 0.1) is 0 Å². The number of amides is 1. The van der Waals surface area contributed by atoms with Gasteiger partial charge in [-0.2, -0.15) is 0 Å². The minimum absolute atomic E-state index is 0.0111. The second-order valence-corrected chi connectivity index (χ2v) is 11.5. The third kappa shape index (κ3) is 2.91. The van der Waals surface area contributed by atoms with E-state index in [1.165, 1.54) is 22.4 Å². The van der Waals surface area contributed by atoms with Crippen molar-refractivity contribution in [3.63, 3.8) is 0 Å². The normalized spacial score (nSPS) is 33.9. The number of carbonyl (C=O) groups excluding carboxylic acids is 1. The first kappa shape index (κ1) is 22.8. The average Bonchev–Trinajstić information content (AvgIpc) is 3.48. The molecule has 0 bridgehead atoms. The molecule has 4 unspecified atom stereocenters. The standard InChI is InChI=1S/C32H34N4O2/c37-30-26-20-28-32(33-18-17-23-12-5-2-6-13-23)31(38-28)24-15-7-8-16-25(24)34-29(31)27(36(26)32)21-35(30)19-9-14-22-10-3-1-4-11-22/h1-8,10-13,15-16,26-29,33-34H,9,14,17-21H2/t26-,27?,28?,29+,31?,32?/m0/s1. The number of nitrogens with zero attached hydrogens (tertiary/aromatic N) is 2. The number of fused-ring (bicyclic) bond motifs is 2. The van der Waals surface area contributed by atoms with E-state index in [9.17, 15) is 4.79 Å². The van der Waals surface area contributed by atoms with Gasteiger partial charge in [0.05, 0.1) is 24.2 Å². The number of rotatable bonds is 8. The van der Waals surface area contributed by atoms with Gasteiger partial charge in [0, 0.05) is 37.3 Å². The van der Waals surface area contributed by atoms with Gasteiger partial charge in [0.1, 0.15) is 5.66 Å². The van der Waals surface area contributed by atoms with Crippen molar-refractivity contribution in [2.24, 2.45) is 0 Å². The Balaban J connectivity index is 1.10. The quantitative estimate of drug-likeness (QED) is 0.490. The molecule has 3 aromatic rings. The van der Waals surface area contributed by atoms with Crippen LogP contribution in [0.3, 0.4) is 0 Å². The fourth-order valence-corrected chi connectivity index (χ4v) is 8.33. The zero-order valence-corrected chi connectivity index (χ0v) is 21.6. The van der Waals surface area contributed by atoms with Crippen molar-refractivity contribution in [2.75, 3.05) is 25.0 Å². The molecule has 194 valence electrons. The number of anilines is 1. The van der Waals surface area contributed by atoms with Crippen LogP contribution in [0.15, 0.2) is 84.9 Å². The fraction of sp³-hybridized carbons (Fsp3) is 0.406. The van der Waals surface area contributed by atoms with Gasteiger partial charge in [-0.1, -0.05) is 78.9 Å². The lowest BCUT2D eigenvalue weighted by Gasteiger charge is -2.59. The highest BCUT2D eigenvalue weighted by Gasteiger charge is 2.86. The largest absolute Gasteiger partial charge is 0.377 e. The van der Waals surface area contributed by atoms with Crippen molar-refractivity contribution in [3.05, 3.63) is 102 Å². The molecule has 38 heavy (non-hydrogen) atoms. The molecule has 8 rings (SSSR count). The Hall–Kier alpha value is -3.19. The van der Waals surface area contributed by atoms with E-state index >= 15 is 0 Å². The van der Waals surface area contributed by atoms with Gasteiger partial charge in [-0.05, 0) is 36.5 Å². The van der Waals surface area contributed by atoms with Crippen LogP contribution in [0.4, 0.5) is 5.69 Å². The highest BCUT2D eigenvalue weighted by Crippen LogP contribution is 2.69. The summed E-state index contributed by atoms with van der Waals surface area (Å²) < 4.78 is 6.92. The Kier molecular flexibility index (Phi) is 5.03. The molecule has 1 amide bonds. The van der Waals surface area contributed by atoms with Gasteiger partial charge in [-0.25, -0.2) is 0 Å². The number of nitrogens with one attached hydrogen (secondary N) is 2. The summed E-state index contributed by atoms with van der Waals surface area (Å²) in [5.74, 6) is 0.278. The number of hydrogen-bond donors (Lipinski definition) is 2. The molecule has 4 saturated heterocycles. The molecule has 1 spiro atoms. The first-order chi connectivity index (χ1) is 18.7. The minimum Gasteiger partial charge on any atom is -0.377 e. The molecule has 0 aromatic heterocycles. The highest BCUT2D eigenvalue weighted by atomic mass is 16.6. The molecule has 5 aliphatic rings. The number of hydrogen-bond acceptors (Lipinski definition) is 5. The third-order valence-electron chi connectivity index (χ3n) is 9.75. The maximum absolute atomic E-state index is 13.9. The maximum Gasteiger partial charge on any atom is 0.240 e. The van der Waals surface area contributed by atoms with E-state index in [-0.39, 0.29) is 35.8 Å². The summed E-state index contributed by atoms with van der Waals surface area (Å²) in [6.07, 6.45) is 3.71. The predicted molar refractivity (Wildman–Crippen MR) is 147 cm³/mol. The van der Waals surface area contributed by atoms with Crippen molar-refractivity contribution in [2.45, 2.75) is 61.2 Å². The van der Waals surface area contributed by atoms with Crippen LogP contribution in [-0.2, 0) is 28.0 Å². The van der Waals surface area contributed by atoms with E-state index in [0.29, 0.717) is 0 Å². The van der Waals surface area contributed by atoms with Crippen LogP contribution < -0.4 is 10.6 Å². The Morgan fingerprint density at radius 3 is 2.42 bits per heavy atom. The topological polar surface area (TPSA) is 56.8 Å². The molecule has 2 N–H and O–H groups in total. The molecule has 6 heteroatoms. The summed E-state index contributed by atoms with van der Waals surface area (Å²) in [7, 11) is 0. The van der Waals surface area contributed by atoms with E-state index in [4.69, 9.17) is 4.74 Å². The van der Waals surface area contributed by atoms with Crippen LogP contribution in [0.1, 0.15) is 29.5 Å². The maximum atomic E-state index is 13.9. The zero-order valence-electron chi connectivity index (χ0n) is 21.6. The molecule has 5 aliphatic heterocycles. The second kappa shape index (κ2) is 8.40. The fourth-order valence-electron chi connectivity index (χ4n) is 8.33. The van der Waals surface area contributed by atoms with Crippen LogP contribution in [0.25, 0.3) is 0 Å². The summed E-state index contributed by atoms with van der Waals surface area (Å²) in [6.45, 7) is 2.41. The number of ether oxygens (including phenoxy) is 1. The smallest absolute Gasteiger partial charge is 0.240 e. The molecule has 6 atom stereocenters. The molecule has 0 radical (unpaired) electrons. The Morgan fingerprint density at radius 2 is 1.63 bits per heavy atom. The Bertz CT molecular complexity index is 1370.